The molecule has 0 saturated carbocycles. The van der Waals surface area contributed by atoms with Crippen molar-refractivity contribution in [1.82, 2.24) is 0 Å². The van der Waals surface area contributed by atoms with Crippen molar-refractivity contribution >= 4 is 40.8 Å². The van der Waals surface area contributed by atoms with E-state index in [-0.39, 0.29) is 17.8 Å². The summed E-state index contributed by atoms with van der Waals surface area (Å²) in [7, 11) is 0. The number of carbonyl (C=O) groups is 2. The van der Waals surface area contributed by atoms with Crippen molar-refractivity contribution in [3.8, 4) is 0 Å². The third-order valence-corrected chi connectivity index (χ3v) is 4.42. The number of halogens is 2. The molecule has 126 valence electrons. The zero-order chi connectivity index (χ0) is 16.8. The molecule has 1 amide bonds. The molecule has 5 nitrogen and oxygen atoms in total. The minimum absolute atomic E-state index is 0.124. The van der Waals surface area contributed by atoms with Gasteiger partial charge in [0.1, 0.15) is 5.92 Å². The largest absolute Gasteiger partial charge is 0.466 e. The van der Waals surface area contributed by atoms with E-state index < -0.39 is 0 Å². The second-order valence-corrected chi connectivity index (χ2v) is 6.49. The number of hydrogen-bond donors (Lipinski definition) is 2. The van der Waals surface area contributed by atoms with Gasteiger partial charge in [0.15, 0.2) is 6.54 Å². The van der Waals surface area contributed by atoms with Crippen molar-refractivity contribution in [2.24, 2.45) is 5.92 Å². The average Bonchev–Trinajstić information content (AvgIpc) is 2.51. The van der Waals surface area contributed by atoms with Crippen molar-refractivity contribution in [2.45, 2.75) is 19.8 Å². The fourth-order valence-corrected chi connectivity index (χ4v) is 3.12. The number of rotatable bonds is 5. The number of piperidine rings is 1. The number of anilines is 1. The molecule has 0 spiro atoms. The Morgan fingerprint density at radius 1 is 1.39 bits per heavy atom. The van der Waals surface area contributed by atoms with Gasteiger partial charge in [0, 0.05) is 5.02 Å². The molecule has 0 radical (unpaired) electrons. The Labute approximate surface area is 145 Å². The normalized spacial score (nSPS) is 20.8. The SMILES string of the molecule is CCOC(=O)[C@H]1CCC[NH+](CC(=O)Nc2cc(Cl)ccc2Cl)C1. The van der Waals surface area contributed by atoms with E-state index in [2.05, 4.69) is 5.32 Å². The molecule has 1 unspecified atom stereocenters. The van der Waals surface area contributed by atoms with Crippen molar-refractivity contribution in [1.29, 1.82) is 0 Å². The van der Waals surface area contributed by atoms with Crippen molar-refractivity contribution < 1.29 is 19.2 Å². The molecule has 1 aliphatic rings. The number of benzene rings is 1. The van der Waals surface area contributed by atoms with Crippen LogP contribution in [0.25, 0.3) is 0 Å². The van der Waals surface area contributed by atoms with Crippen molar-refractivity contribution in [3.05, 3.63) is 28.2 Å². The molecule has 1 saturated heterocycles. The lowest BCUT2D eigenvalue weighted by atomic mass is 9.98. The molecular formula is C16H21Cl2N2O3+. The third-order valence-electron chi connectivity index (χ3n) is 3.85. The summed E-state index contributed by atoms with van der Waals surface area (Å²) in [6.07, 6.45) is 1.73. The standard InChI is InChI=1S/C16H20Cl2N2O3/c1-2-23-16(22)11-4-3-7-20(9-11)10-15(21)19-14-8-12(17)5-6-13(14)18/h5-6,8,11H,2-4,7,9-10H2,1H3,(H,19,21)/p+1/t11-/m0/s1. The summed E-state index contributed by atoms with van der Waals surface area (Å²) in [4.78, 5) is 25.1. The number of esters is 1. The highest BCUT2D eigenvalue weighted by molar-refractivity contribution is 6.35. The molecule has 23 heavy (non-hydrogen) atoms. The van der Waals surface area contributed by atoms with E-state index in [0.29, 0.717) is 35.4 Å². The number of nitrogens with one attached hydrogen (secondary N) is 2. The van der Waals surface area contributed by atoms with E-state index >= 15 is 0 Å². The molecule has 7 heteroatoms. The molecule has 1 aromatic rings. The van der Waals surface area contributed by atoms with Crippen LogP contribution in [0.5, 0.6) is 0 Å². The predicted octanol–water partition coefficient (Wildman–Crippen LogP) is 1.79. The zero-order valence-corrected chi connectivity index (χ0v) is 14.5. The molecule has 0 bridgehead atoms. The van der Waals surface area contributed by atoms with Gasteiger partial charge in [-0.2, -0.15) is 0 Å². The minimum Gasteiger partial charge on any atom is -0.466 e. The monoisotopic (exact) mass is 359 g/mol. The molecule has 1 heterocycles. The number of amides is 1. The molecule has 2 atom stereocenters. The lowest BCUT2D eigenvalue weighted by Crippen LogP contribution is -3.14. The number of quaternary nitrogens is 1. The Kier molecular flexibility index (Phi) is 6.69. The van der Waals surface area contributed by atoms with Gasteiger partial charge in [-0.3, -0.25) is 9.59 Å². The van der Waals surface area contributed by atoms with Gasteiger partial charge in [-0.15, -0.1) is 0 Å². The summed E-state index contributed by atoms with van der Waals surface area (Å²) >= 11 is 12.0. The van der Waals surface area contributed by atoms with Crippen LogP contribution in [0.4, 0.5) is 5.69 Å². The quantitative estimate of drug-likeness (QED) is 0.788. The summed E-state index contributed by atoms with van der Waals surface area (Å²) in [6, 6.07) is 4.93. The lowest BCUT2D eigenvalue weighted by Gasteiger charge is -2.28. The average molecular weight is 360 g/mol. The number of likely N-dealkylation sites (tertiary alicyclic amines) is 1. The van der Waals surface area contributed by atoms with Crippen LogP contribution in [0.3, 0.4) is 0 Å². The van der Waals surface area contributed by atoms with Crippen LogP contribution in [0, 0.1) is 5.92 Å². The van der Waals surface area contributed by atoms with Gasteiger partial charge < -0.3 is 15.0 Å². The molecule has 0 aromatic heterocycles. The third kappa shape index (κ3) is 5.37. The number of carbonyl (C=O) groups excluding carboxylic acids is 2. The second-order valence-electron chi connectivity index (χ2n) is 5.64. The highest BCUT2D eigenvalue weighted by atomic mass is 35.5. The van der Waals surface area contributed by atoms with E-state index in [9.17, 15) is 9.59 Å². The van der Waals surface area contributed by atoms with Gasteiger partial charge >= 0.3 is 5.97 Å². The maximum Gasteiger partial charge on any atom is 0.314 e. The first-order chi connectivity index (χ1) is 11.0. The van der Waals surface area contributed by atoms with Crippen LogP contribution in [-0.4, -0.2) is 38.1 Å². The highest BCUT2D eigenvalue weighted by Crippen LogP contribution is 2.25. The zero-order valence-electron chi connectivity index (χ0n) is 13.0. The Bertz CT molecular complexity index is 580. The summed E-state index contributed by atoms with van der Waals surface area (Å²) in [5, 5.41) is 3.73. The summed E-state index contributed by atoms with van der Waals surface area (Å²) in [5.41, 5.74) is 0.502. The molecule has 0 aliphatic carbocycles. The van der Waals surface area contributed by atoms with Gasteiger partial charge in [-0.05, 0) is 38.0 Å². The van der Waals surface area contributed by atoms with E-state index in [0.717, 1.165) is 24.3 Å². The van der Waals surface area contributed by atoms with Crippen LogP contribution < -0.4 is 10.2 Å². The van der Waals surface area contributed by atoms with E-state index in [4.69, 9.17) is 27.9 Å². The Morgan fingerprint density at radius 2 is 2.17 bits per heavy atom. The van der Waals surface area contributed by atoms with Crippen LogP contribution >= 0.6 is 23.2 Å². The summed E-state index contributed by atoms with van der Waals surface area (Å²) in [6.45, 7) is 3.97. The predicted molar refractivity (Wildman–Crippen MR) is 90.0 cm³/mol. The topological polar surface area (TPSA) is 59.8 Å². The van der Waals surface area contributed by atoms with Crippen LogP contribution in [0.2, 0.25) is 10.0 Å². The van der Waals surface area contributed by atoms with Gasteiger partial charge in [-0.25, -0.2) is 0 Å². The molecular weight excluding hydrogens is 339 g/mol. The maximum atomic E-state index is 12.2. The fourth-order valence-electron chi connectivity index (χ4n) is 2.79. The number of hydrogen-bond acceptors (Lipinski definition) is 3. The first kappa shape index (κ1) is 18.0. The lowest BCUT2D eigenvalue weighted by molar-refractivity contribution is -0.899. The maximum absolute atomic E-state index is 12.2. The van der Waals surface area contributed by atoms with Crippen molar-refractivity contribution in [3.63, 3.8) is 0 Å². The van der Waals surface area contributed by atoms with E-state index in [1.54, 1.807) is 25.1 Å². The Morgan fingerprint density at radius 3 is 2.91 bits per heavy atom. The van der Waals surface area contributed by atoms with Gasteiger partial charge in [0.25, 0.3) is 5.91 Å². The first-order valence-electron chi connectivity index (χ1n) is 7.74. The molecule has 1 fully saturated rings. The Hall–Kier alpha value is -1.30. The molecule has 1 aromatic carbocycles. The van der Waals surface area contributed by atoms with E-state index in [1.165, 1.54) is 0 Å². The molecule has 2 N–H and O–H groups in total. The fraction of sp³-hybridized carbons (Fsp3) is 0.500. The smallest absolute Gasteiger partial charge is 0.314 e. The summed E-state index contributed by atoms with van der Waals surface area (Å²) in [5.74, 6) is -0.432. The van der Waals surface area contributed by atoms with Gasteiger partial charge in [0.2, 0.25) is 0 Å². The number of ether oxygens (including phenoxy) is 1. The van der Waals surface area contributed by atoms with Gasteiger partial charge in [-0.1, -0.05) is 23.2 Å². The van der Waals surface area contributed by atoms with Gasteiger partial charge in [0.05, 0.1) is 30.4 Å². The molecule has 1 aliphatic heterocycles. The molecule has 2 rings (SSSR count). The van der Waals surface area contributed by atoms with E-state index in [1.807, 2.05) is 0 Å². The van der Waals surface area contributed by atoms with Crippen LogP contribution in [-0.2, 0) is 14.3 Å². The first-order valence-corrected chi connectivity index (χ1v) is 8.50. The van der Waals surface area contributed by atoms with Crippen LogP contribution in [0.15, 0.2) is 18.2 Å². The Balaban J connectivity index is 1.89. The van der Waals surface area contributed by atoms with Crippen molar-refractivity contribution in [2.75, 3.05) is 31.6 Å². The summed E-state index contributed by atoms with van der Waals surface area (Å²) < 4.78 is 5.07. The van der Waals surface area contributed by atoms with Crippen LogP contribution in [0.1, 0.15) is 19.8 Å². The highest BCUT2D eigenvalue weighted by Gasteiger charge is 2.30. The second kappa shape index (κ2) is 8.52. The minimum atomic E-state index is -0.164.